The van der Waals surface area contributed by atoms with Crippen LogP contribution in [0.15, 0.2) is 34.7 Å². The van der Waals surface area contributed by atoms with Crippen LogP contribution in [-0.2, 0) is 0 Å². The Kier molecular flexibility index (Phi) is 4.75. The van der Waals surface area contributed by atoms with Crippen molar-refractivity contribution in [1.29, 1.82) is 0 Å². The number of hydrogen-bond donors (Lipinski definition) is 1. The Morgan fingerprint density at radius 1 is 1.33 bits per heavy atom. The fourth-order valence-corrected chi connectivity index (χ4v) is 2.28. The molecule has 1 N–H and O–H groups in total. The lowest BCUT2D eigenvalue weighted by atomic mass is 10.1. The quantitative estimate of drug-likeness (QED) is 0.638. The smallest absolute Gasteiger partial charge is 0.273 e. The second kappa shape index (κ2) is 6.54. The van der Waals surface area contributed by atoms with Crippen molar-refractivity contribution in [3.8, 4) is 11.3 Å². The van der Waals surface area contributed by atoms with E-state index in [1.807, 2.05) is 25.1 Å². The maximum absolute atomic E-state index is 11.0. The third-order valence-electron chi connectivity index (χ3n) is 3.52. The normalized spacial score (nSPS) is 12.3. The average Bonchev–Trinajstić information content (AvgIpc) is 2.94. The first-order chi connectivity index (χ1) is 10.0. The van der Waals surface area contributed by atoms with E-state index in [-0.39, 0.29) is 16.7 Å². The lowest BCUT2D eigenvalue weighted by Crippen LogP contribution is -2.18. The van der Waals surface area contributed by atoms with Crippen molar-refractivity contribution < 1.29 is 9.34 Å². The van der Waals surface area contributed by atoms with E-state index < -0.39 is 0 Å². The summed E-state index contributed by atoms with van der Waals surface area (Å²) in [5.74, 6) is 1.50. The van der Waals surface area contributed by atoms with Gasteiger partial charge < -0.3 is 9.73 Å². The van der Waals surface area contributed by atoms with Crippen LogP contribution >= 0.6 is 0 Å². The summed E-state index contributed by atoms with van der Waals surface area (Å²) in [6.45, 7) is 6.82. The minimum absolute atomic E-state index is 0.114. The molecule has 0 radical (unpaired) electrons. The molecule has 0 aliphatic carbocycles. The highest BCUT2D eigenvalue weighted by atomic mass is 16.6. The third kappa shape index (κ3) is 3.31. The highest BCUT2D eigenvalue weighted by Gasteiger charge is 2.17. The highest BCUT2D eigenvalue weighted by molar-refractivity contribution is 5.67. The Bertz CT molecular complexity index is 634. The van der Waals surface area contributed by atoms with Crippen LogP contribution in [0.2, 0.25) is 0 Å². The molecular formula is C16H20N2O3. The van der Waals surface area contributed by atoms with Gasteiger partial charge in [0.1, 0.15) is 11.5 Å². The van der Waals surface area contributed by atoms with Gasteiger partial charge in [0.15, 0.2) is 0 Å². The molecule has 1 aromatic carbocycles. The van der Waals surface area contributed by atoms with E-state index in [1.54, 1.807) is 13.0 Å². The number of nitro groups is 1. The molecule has 1 unspecified atom stereocenters. The van der Waals surface area contributed by atoms with Crippen molar-refractivity contribution >= 4 is 5.69 Å². The zero-order valence-electron chi connectivity index (χ0n) is 12.6. The summed E-state index contributed by atoms with van der Waals surface area (Å²) in [5.41, 5.74) is 1.50. The minimum Gasteiger partial charge on any atom is -0.459 e. The highest BCUT2D eigenvalue weighted by Crippen LogP contribution is 2.32. The topological polar surface area (TPSA) is 68.3 Å². The molecular weight excluding hydrogens is 268 g/mol. The molecule has 2 rings (SSSR count). The van der Waals surface area contributed by atoms with Crippen LogP contribution in [0.3, 0.4) is 0 Å². The van der Waals surface area contributed by atoms with Crippen LogP contribution in [-0.4, -0.2) is 11.5 Å². The molecule has 112 valence electrons. The third-order valence-corrected chi connectivity index (χ3v) is 3.52. The summed E-state index contributed by atoms with van der Waals surface area (Å²) in [6, 6.07) is 8.94. The number of rotatable bonds is 6. The fourth-order valence-electron chi connectivity index (χ4n) is 2.28. The first-order valence-corrected chi connectivity index (χ1v) is 7.12. The number of furan rings is 1. The van der Waals surface area contributed by atoms with Crippen LogP contribution in [0, 0.1) is 17.0 Å². The van der Waals surface area contributed by atoms with E-state index in [4.69, 9.17) is 4.42 Å². The summed E-state index contributed by atoms with van der Waals surface area (Å²) >= 11 is 0. The average molecular weight is 288 g/mol. The first kappa shape index (κ1) is 15.3. The van der Waals surface area contributed by atoms with Gasteiger partial charge in [-0.05, 0) is 38.9 Å². The van der Waals surface area contributed by atoms with Crippen molar-refractivity contribution in [1.82, 2.24) is 5.32 Å². The van der Waals surface area contributed by atoms with Gasteiger partial charge in [0.2, 0.25) is 0 Å². The van der Waals surface area contributed by atoms with Gasteiger partial charge in [0.05, 0.1) is 11.0 Å². The number of benzene rings is 1. The number of nitrogens with zero attached hydrogens (tertiary/aromatic N) is 1. The van der Waals surface area contributed by atoms with Gasteiger partial charge in [-0.25, -0.2) is 0 Å². The maximum atomic E-state index is 11.0. The standard InChI is InChI=1S/C16H20N2O3/c1-4-10-17-12(3)15-8-9-16(21-15)13-6-5-7-14(11(13)2)18(19)20/h5-9,12,17H,4,10H2,1-3H3. The molecule has 0 saturated carbocycles. The molecule has 5 nitrogen and oxygen atoms in total. The number of hydrogen-bond acceptors (Lipinski definition) is 4. The molecule has 1 aromatic heterocycles. The van der Waals surface area contributed by atoms with Crippen LogP contribution in [0.1, 0.15) is 37.6 Å². The molecule has 0 aliphatic rings. The molecule has 1 heterocycles. The molecule has 21 heavy (non-hydrogen) atoms. The van der Waals surface area contributed by atoms with Crippen molar-refractivity contribution in [2.24, 2.45) is 0 Å². The SMILES string of the molecule is CCCNC(C)c1ccc(-c2cccc([N+](=O)[O-])c2C)o1. The van der Waals surface area contributed by atoms with Crippen LogP contribution < -0.4 is 5.32 Å². The van der Waals surface area contributed by atoms with Crippen LogP contribution in [0.5, 0.6) is 0 Å². The number of nitrogens with one attached hydrogen (secondary N) is 1. The van der Waals surface area contributed by atoms with Crippen molar-refractivity contribution in [2.45, 2.75) is 33.2 Å². The lowest BCUT2D eigenvalue weighted by molar-refractivity contribution is -0.385. The molecule has 2 aromatic rings. The van der Waals surface area contributed by atoms with Gasteiger partial charge >= 0.3 is 0 Å². The molecule has 0 bridgehead atoms. The molecule has 1 atom stereocenters. The largest absolute Gasteiger partial charge is 0.459 e. The predicted molar refractivity (Wildman–Crippen MR) is 82.2 cm³/mol. The van der Waals surface area contributed by atoms with E-state index in [9.17, 15) is 10.1 Å². The fraction of sp³-hybridized carbons (Fsp3) is 0.375. The zero-order chi connectivity index (χ0) is 15.4. The molecule has 0 fully saturated rings. The maximum Gasteiger partial charge on any atom is 0.273 e. The van der Waals surface area contributed by atoms with Gasteiger partial charge in [-0.1, -0.05) is 19.1 Å². The summed E-state index contributed by atoms with van der Waals surface area (Å²) in [5, 5.41) is 14.4. The molecule has 0 spiro atoms. The molecule has 0 amide bonds. The summed E-state index contributed by atoms with van der Waals surface area (Å²) in [4.78, 5) is 10.6. The Balaban J connectivity index is 2.30. The summed E-state index contributed by atoms with van der Waals surface area (Å²) < 4.78 is 5.86. The Morgan fingerprint density at radius 3 is 2.76 bits per heavy atom. The Morgan fingerprint density at radius 2 is 2.10 bits per heavy atom. The van der Waals surface area contributed by atoms with Crippen LogP contribution in [0.4, 0.5) is 5.69 Å². The van der Waals surface area contributed by atoms with Gasteiger partial charge in [-0.15, -0.1) is 0 Å². The summed E-state index contributed by atoms with van der Waals surface area (Å²) in [7, 11) is 0. The number of nitro benzene ring substituents is 1. The van der Waals surface area contributed by atoms with Gasteiger partial charge in [0, 0.05) is 17.2 Å². The first-order valence-electron chi connectivity index (χ1n) is 7.12. The van der Waals surface area contributed by atoms with E-state index >= 15 is 0 Å². The second-order valence-electron chi connectivity index (χ2n) is 5.08. The minimum atomic E-state index is -0.367. The van der Waals surface area contributed by atoms with Gasteiger partial charge in [-0.3, -0.25) is 10.1 Å². The van der Waals surface area contributed by atoms with E-state index in [0.717, 1.165) is 24.3 Å². The molecule has 0 aliphatic heterocycles. The predicted octanol–water partition coefficient (Wildman–Crippen LogP) is 4.22. The summed E-state index contributed by atoms with van der Waals surface area (Å²) in [6.07, 6.45) is 1.06. The lowest BCUT2D eigenvalue weighted by Gasteiger charge is -2.10. The van der Waals surface area contributed by atoms with Crippen molar-refractivity contribution in [3.63, 3.8) is 0 Å². The van der Waals surface area contributed by atoms with Crippen LogP contribution in [0.25, 0.3) is 11.3 Å². The van der Waals surface area contributed by atoms with E-state index in [0.29, 0.717) is 11.3 Å². The van der Waals surface area contributed by atoms with Gasteiger partial charge in [0.25, 0.3) is 5.69 Å². The van der Waals surface area contributed by atoms with Crippen molar-refractivity contribution in [2.75, 3.05) is 6.54 Å². The molecule has 5 heteroatoms. The Hall–Kier alpha value is -2.14. The second-order valence-corrected chi connectivity index (χ2v) is 5.08. The van der Waals surface area contributed by atoms with E-state index in [1.165, 1.54) is 6.07 Å². The van der Waals surface area contributed by atoms with Gasteiger partial charge in [-0.2, -0.15) is 0 Å². The van der Waals surface area contributed by atoms with Crippen molar-refractivity contribution in [3.05, 3.63) is 51.8 Å². The monoisotopic (exact) mass is 288 g/mol. The Labute approximate surface area is 124 Å². The zero-order valence-corrected chi connectivity index (χ0v) is 12.6. The van der Waals surface area contributed by atoms with E-state index in [2.05, 4.69) is 12.2 Å². The molecule has 0 saturated heterocycles.